The minimum absolute atomic E-state index is 0.152. The van der Waals surface area contributed by atoms with Crippen molar-refractivity contribution in [1.29, 1.82) is 0 Å². The minimum atomic E-state index is -3.79. The molecule has 2 aromatic carbocycles. The summed E-state index contributed by atoms with van der Waals surface area (Å²) in [5.41, 5.74) is 3.11. The minimum Gasteiger partial charge on any atom is -0.318 e. The molecule has 0 radical (unpaired) electrons. The van der Waals surface area contributed by atoms with E-state index in [-0.39, 0.29) is 11.4 Å². The number of carbonyl (C=O) groups excluding carboxylic acids is 1. The van der Waals surface area contributed by atoms with Crippen molar-refractivity contribution in [2.24, 2.45) is 0 Å². The van der Waals surface area contributed by atoms with Gasteiger partial charge in [-0.25, -0.2) is 17.5 Å². The Morgan fingerprint density at radius 1 is 0.875 bits per heavy atom. The van der Waals surface area contributed by atoms with E-state index in [4.69, 9.17) is 0 Å². The molecule has 0 aromatic heterocycles. The van der Waals surface area contributed by atoms with Crippen molar-refractivity contribution in [2.45, 2.75) is 25.3 Å². The number of carbonyl (C=O) groups is 1. The van der Waals surface area contributed by atoms with Crippen molar-refractivity contribution < 1.29 is 13.2 Å². The molecule has 6 heteroatoms. The lowest BCUT2D eigenvalue weighted by Crippen LogP contribution is -2.36. The van der Waals surface area contributed by atoms with Crippen LogP contribution in [0.1, 0.15) is 16.7 Å². The van der Waals surface area contributed by atoms with Crippen molar-refractivity contribution in [3.8, 4) is 0 Å². The summed E-state index contributed by atoms with van der Waals surface area (Å²) in [6, 6.07) is 14.0. The van der Waals surface area contributed by atoms with Crippen molar-refractivity contribution in [2.75, 3.05) is 13.1 Å². The number of hydrogen-bond acceptors (Lipinski definition) is 3. The molecule has 0 aliphatic carbocycles. The molecule has 0 unspecified atom stereocenters. The topological polar surface area (TPSA) is 57.7 Å². The van der Waals surface area contributed by atoms with Gasteiger partial charge in [0.2, 0.25) is 0 Å². The van der Waals surface area contributed by atoms with Gasteiger partial charge in [-0.05, 0) is 31.5 Å². The zero-order valence-corrected chi connectivity index (χ0v) is 14.6. The van der Waals surface area contributed by atoms with Gasteiger partial charge in [0.15, 0.2) is 0 Å². The molecule has 0 spiro atoms. The summed E-state index contributed by atoms with van der Waals surface area (Å²) in [5.74, 6) is 0. The van der Waals surface area contributed by atoms with Gasteiger partial charge in [0.1, 0.15) is 0 Å². The van der Waals surface area contributed by atoms with Gasteiger partial charge in [-0.15, -0.1) is 0 Å². The summed E-state index contributed by atoms with van der Waals surface area (Å²) in [7, 11) is -3.79. The number of nitrogens with zero attached hydrogens (tertiary/aromatic N) is 2. The number of hydrogen-bond donors (Lipinski definition) is 0. The Labute approximate surface area is 142 Å². The Morgan fingerprint density at radius 2 is 1.42 bits per heavy atom. The van der Waals surface area contributed by atoms with Crippen LogP contribution in [0, 0.1) is 13.8 Å². The Bertz CT molecular complexity index is 843. The highest BCUT2D eigenvalue weighted by molar-refractivity contribution is 7.89. The zero-order chi connectivity index (χ0) is 17.3. The summed E-state index contributed by atoms with van der Waals surface area (Å²) < 4.78 is 26.3. The molecular weight excluding hydrogens is 324 g/mol. The van der Waals surface area contributed by atoms with E-state index < -0.39 is 16.1 Å². The van der Waals surface area contributed by atoms with E-state index in [0.29, 0.717) is 13.1 Å². The summed E-state index contributed by atoms with van der Waals surface area (Å²) in [6.45, 7) is 4.89. The number of aryl methyl sites for hydroxylation is 2. The van der Waals surface area contributed by atoms with Gasteiger partial charge in [-0.2, -0.15) is 0 Å². The van der Waals surface area contributed by atoms with Gasteiger partial charge < -0.3 is 4.90 Å². The molecule has 1 saturated heterocycles. The molecule has 126 valence electrons. The second-order valence-electron chi connectivity index (χ2n) is 6.08. The van der Waals surface area contributed by atoms with Gasteiger partial charge in [0.25, 0.3) is 10.0 Å². The van der Waals surface area contributed by atoms with E-state index in [2.05, 4.69) is 0 Å². The van der Waals surface area contributed by atoms with E-state index in [1.165, 1.54) is 0 Å². The Kier molecular flexibility index (Phi) is 4.32. The molecule has 1 fully saturated rings. The first kappa shape index (κ1) is 16.5. The molecule has 0 saturated carbocycles. The lowest BCUT2D eigenvalue weighted by molar-refractivity contribution is 0.205. The first-order valence-corrected chi connectivity index (χ1v) is 9.26. The molecule has 5 nitrogen and oxygen atoms in total. The fourth-order valence-corrected chi connectivity index (χ4v) is 4.06. The molecule has 1 aliphatic rings. The first-order valence-electron chi connectivity index (χ1n) is 7.82. The molecule has 1 heterocycles. The van der Waals surface area contributed by atoms with Crippen molar-refractivity contribution in [1.82, 2.24) is 9.21 Å². The molecule has 3 rings (SSSR count). The first-order chi connectivity index (χ1) is 11.4. The summed E-state index contributed by atoms with van der Waals surface area (Å²) in [4.78, 5) is 14.3. The van der Waals surface area contributed by atoms with Crippen LogP contribution < -0.4 is 0 Å². The van der Waals surface area contributed by atoms with Crippen LogP contribution in [0.15, 0.2) is 53.4 Å². The summed E-state index contributed by atoms with van der Waals surface area (Å²) in [5, 5.41) is 0. The maximum atomic E-state index is 12.7. The largest absolute Gasteiger partial charge is 0.334 e. The predicted octanol–water partition coefficient (Wildman–Crippen LogP) is 2.93. The molecule has 0 N–H and O–H groups in total. The third-order valence-corrected chi connectivity index (χ3v) is 5.95. The van der Waals surface area contributed by atoms with E-state index in [0.717, 1.165) is 21.0 Å². The van der Waals surface area contributed by atoms with E-state index in [1.807, 2.05) is 38.1 Å². The van der Waals surface area contributed by atoms with Crippen LogP contribution in [0.5, 0.6) is 0 Å². The average Bonchev–Trinajstić information content (AvgIpc) is 2.92. The standard InChI is InChI=1S/C18H20N2O3S/c1-14-3-7-16(8-4-14)13-19-11-12-20(18(19)21)24(22,23)17-9-5-15(2)6-10-17/h3-10H,11-13H2,1-2H3. The lowest BCUT2D eigenvalue weighted by Gasteiger charge is -2.19. The van der Waals surface area contributed by atoms with Crippen LogP contribution in [0.3, 0.4) is 0 Å². The summed E-state index contributed by atoms with van der Waals surface area (Å²) in [6.07, 6.45) is 0. The van der Waals surface area contributed by atoms with Crippen molar-refractivity contribution in [3.05, 3.63) is 65.2 Å². The van der Waals surface area contributed by atoms with Gasteiger partial charge in [0.05, 0.1) is 11.4 Å². The molecular formula is C18H20N2O3S. The molecule has 24 heavy (non-hydrogen) atoms. The molecule has 0 bridgehead atoms. The van der Waals surface area contributed by atoms with E-state index in [1.54, 1.807) is 29.2 Å². The van der Waals surface area contributed by atoms with Crippen LogP contribution in [0.2, 0.25) is 0 Å². The molecule has 0 atom stereocenters. The Hall–Kier alpha value is -2.34. The predicted molar refractivity (Wildman–Crippen MR) is 92.1 cm³/mol. The van der Waals surface area contributed by atoms with Gasteiger partial charge in [-0.1, -0.05) is 47.5 Å². The highest BCUT2D eigenvalue weighted by Crippen LogP contribution is 2.22. The average molecular weight is 344 g/mol. The molecule has 2 amide bonds. The van der Waals surface area contributed by atoms with Crippen molar-refractivity contribution in [3.63, 3.8) is 0 Å². The quantitative estimate of drug-likeness (QED) is 0.857. The summed E-state index contributed by atoms with van der Waals surface area (Å²) >= 11 is 0. The van der Waals surface area contributed by atoms with E-state index >= 15 is 0 Å². The molecule has 1 aliphatic heterocycles. The van der Waals surface area contributed by atoms with Gasteiger partial charge in [-0.3, -0.25) is 0 Å². The third-order valence-electron chi connectivity index (χ3n) is 4.16. The lowest BCUT2D eigenvalue weighted by atomic mass is 10.1. The van der Waals surface area contributed by atoms with Crippen LogP contribution in [0.25, 0.3) is 0 Å². The smallest absolute Gasteiger partial charge is 0.318 e. The number of amides is 2. The number of sulfonamides is 1. The van der Waals surface area contributed by atoms with Gasteiger partial charge >= 0.3 is 6.03 Å². The number of benzene rings is 2. The third kappa shape index (κ3) is 3.14. The van der Waals surface area contributed by atoms with Crippen LogP contribution >= 0.6 is 0 Å². The number of urea groups is 1. The highest BCUT2D eigenvalue weighted by Gasteiger charge is 2.37. The fourth-order valence-electron chi connectivity index (χ4n) is 2.68. The highest BCUT2D eigenvalue weighted by atomic mass is 32.2. The van der Waals surface area contributed by atoms with Crippen molar-refractivity contribution >= 4 is 16.1 Å². The Morgan fingerprint density at radius 3 is 2.00 bits per heavy atom. The fraction of sp³-hybridized carbons (Fsp3) is 0.278. The maximum absolute atomic E-state index is 12.7. The second kappa shape index (κ2) is 6.28. The van der Waals surface area contributed by atoms with Crippen LogP contribution in [-0.4, -0.2) is 36.7 Å². The zero-order valence-electron chi connectivity index (χ0n) is 13.8. The van der Waals surface area contributed by atoms with Gasteiger partial charge in [0, 0.05) is 13.1 Å². The second-order valence-corrected chi connectivity index (χ2v) is 7.94. The monoisotopic (exact) mass is 344 g/mol. The SMILES string of the molecule is Cc1ccc(CN2CCN(S(=O)(=O)c3ccc(C)cc3)C2=O)cc1. The number of rotatable bonds is 4. The van der Waals surface area contributed by atoms with Crippen LogP contribution in [0.4, 0.5) is 4.79 Å². The van der Waals surface area contributed by atoms with E-state index in [9.17, 15) is 13.2 Å². The maximum Gasteiger partial charge on any atom is 0.334 e. The molecule has 2 aromatic rings. The Balaban J connectivity index is 1.78. The van der Waals surface area contributed by atoms with Crippen LogP contribution in [-0.2, 0) is 16.6 Å². The normalized spacial score (nSPS) is 15.2.